The molecule has 0 bridgehead atoms. The molecule has 8 aromatic rings. The minimum absolute atomic E-state index is 0.864. The Labute approximate surface area is 225 Å². The van der Waals surface area contributed by atoms with E-state index in [1.54, 1.807) is 0 Å². The van der Waals surface area contributed by atoms with Gasteiger partial charge in [0.25, 0.3) is 0 Å². The molecule has 0 N–H and O–H groups in total. The zero-order valence-corrected chi connectivity index (χ0v) is 21.0. The van der Waals surface area contributed by atoms with Gasteiger partial charge >= 0.3 is 0 Å². The van der Waals surface area contributed by atoms with Crippen molar-refractivity contribution in [3.63, 3.8) is 0 Å². The van der Waals surface area contributed by atoms with Crippen LogP contribution in [0.25, 0.3) is 77.4 Å². The lowest BCUT2D eigenvalue weighted by Gasteiger charge is -2.14. The van der Waals surface area contributed by atoms with Crippen molar-refractivity contribution in [1.29, 1.82) is 0 Å². The quantitative estimate of drug-likeness (QED) is 0.228. The van der Waals surface area contributed by atoms with E-state index in [1.807, 2.05) is 30.3 Å². The number of nitrogens with zero attached hydrogens (tertiary/aromatic N) is 2. The molecule has 0 amide bonds. The maximum atomic E-state index is 6.31. The number of hydrogen-bond donors (Lipinski definition) is 0. The number of hydrogen-bond acceptors (Lipinski definition) is 3. The first kappa shape index (κ1) is 21.8. The van der Waals surface area contributed by atoms with E-state index in [1.165, 1.54) is 0 Å². The highest BCUT2D eigenvalue weighted by Gasteiger charge is 2.19. The number of benzene rings is 5. The van der Waals surface area contributed by atoms with Gasteiger partial charge in [-0.05, 0) is 41.8 Å². The molecule has 3 nitrogen and oxygen atoms in total. The maximum Gasteiger partial charge on any atom is 0.136 e. The Bertz CT molecular complexity index is 2110. The van der Waals surface area contributed by atoms with E-state index in [2.05, 4.69) is 103 Å². The zero-order valence-electron chi connectivity index (χ0n) is 21.0. The van der Waals surface area contributed by atoms with Crippen LogP contribution in [0.5, 0.6) is 0 Å². The molecule has 0 saturated heterocycles. The number of rotatable bonds is 3. The smallest absolute Gasteiger partial charge is 0.136 e. The summed E-state index contributed by atoms with van der Waals surface area (Å²) >= 11 is 0. The van der Waals surface area contributed by atoms with Crippen molar-refractivity contribution in [2.24, 2.45) is 0 Å². The Balaban J connectivity index is 1.54. The van der Waals surface area contributed by atoms with Crippen LogP contribution in [0.1, 0.15) is 0 Å². The zero-order chi connectivity index (χ0) is 25.8. The van der Waals surface area contributed by atoms with E-state index >= 15 is 0 Å². The van der Waals surface area contributed by atoms with Crippen LogP contribution in [0.3, 0.4) is 0 Å². The van der Waals surface area contributed by atoms with E-state index in [-0.39, 0.29) is 0 Å². The summed E-state index contributed by atoms with van der Waals surface area (Å²) in [5.74, 6) is 0. The highest BCUT2D eigenvalue weighted by Crippen LogP contribution is 2.42. The third kappa shape index (κ3) is 3.52. The second kappa shape index (κ2) is 8.64. The van der Waals surface area contributed by atoms with Crippen LogP contribution in [0.15, 0.2) is 138 Å². The molecule has 0 aliphatic rings. The van der Waals surface area contributed by atoms with Gasteiger partial charge < -0.3 is 4.42 Å². The second-order valence-corrected chi connectivity index (χ2v) is 9.80. The van der Waals surface area contributed by atoms with Crippen LogP contribution in [0.2, 0.25) is 0 Å². The molecular formula is C36H22N2O. The standard InChI is InChI=1S/C36H22N2O/c1-3-11-23(12-4-1)30-21-25(22-31(37-30)24-13-5-2-6-14-24)36-35-27(26-15-7-9-17-29(26)38-36)19-20-33-34(35)28-16-8-10-18-32(28)39-33/h1-22H. The molecule has 3 heterocycles. The summed E-state index contributed by atoms with van der Waals surface area (Å²) in [7, 11) is 0. The Hall–Kier alpha value is -5.28. The molecular weight excluding hydrogens is 476 g/mol. The summed E-state index contributed by atoms with van der Waals surface area (Å²) in [6.07, 6.45) is 0. The first-order valence-electron chi connectivity index (χ1n) is 13.1. The van der Waals surface area contributed by atoms with E-state index in [9.17, 15) is 0 Å². The predicted octanol–water partition coefficient (Wildman–Crippen LogP) is 9.68. The van der Waals surface area contributed by atoms with E-state index < -0.39 is 0 Å². The number of furan rings is 1. The maximum absolute atomic E-state index is 6.31. The molecule has 182 valence electrons. The van der Waals surface area contributed by atoms with Crippen LogP contribution >= 0.6 is 0 Å². The Morgan fingerprint density at radius 3 is 1.74 bits per heavy atom. The lowest BCUT2D eigenvalue weighted by molar-refractivity contribution is 0.669. The summed E-state index contributed by atoms with van der Waals surface area (Å²) in [5.41, 5.74) is 8.63. The highest BCUT2D eigenvalue weighted by molar-refractivity contribution is 6.26. The van der Waals surface area contributed by atoms with Gasteiger partial charge in [-0.3, -0.25) is 0 Å². The Morgan fingerprint density at radius 2 is 1.03 bits per heavy atom. The lowest BCUT2D eigenvalue weighted by atomic mass is 9.94. The number of pyridine rings is 2. The SMILES string of the molecule is c1ccc(-c2cc(-c3nc4ccccc4c4ccc5oc6ccccc6c5c34)cc(-c3ccccc3)n2)cc1. The first-order chi connectivity index (χ1) is 19.3. The van der Waals surface area contributed by atoms with Gasteiger partial charge in [0.2, 0.25) is 0 Å². The second-order valence-electron chi connectivity index (χ2n) is 9.80. The van der Waals surface area contributed by atoms with Gasteiger partial charge in [0.15, 0.2) is 0 Å². The number of aromatic nitrogens is 2. The fraction of sp³-hybridized carbons (Fsp3) is 0. The topological polar surface area (TPSA) is 38.9 Å². The minimum Gasteiger partial charge on any atom is -0.456 e. The minimum atomic E-state index is 0.864. The van der Waals surface area contributed by atoms with E-state index in [0.29, 0.717) is 0 Å². The normalized spacial score (nSPS) is 11.6. The molecule has 0 spiro atoms. The Kier molecular flexibility index (Phi) is 4.82. The van der Waals surface area contributed by atoms with Crippen molar-refractivity contribution in [2.75, 3.05) is 0 Å². The molecule has 0 atom stereocenters. The van der Waals surface area contributed by atoms with Crippen molar-refractivity contribution < 1.29 is 4.42 Å². The van der Waals surface area contributed by atoms with Crippen LogP contribution in [-0.2, 0) is 0 Å². The molecule has 0 radical (unpaired) electrons. The molecule has 8 rings (SSSR count). The Morgan fingerprint density at radius 1 is 0.410 bits per heavy atom. The van der Waals surface area contributed by atoms with Crippen LogP contribution in [0.4, 0.5) is 0 Å². The summed E-state index contributed by atoms with van der Waals surface area (Å²) < 4.78 is 6.31. The van der Waals surface area contributed by atoms with E-state index in [0.717, 1.165) is 77.4 Å². The summed E-state index contributed by atoms with van der Waals surface area (Å²) in [5, 5.41) is 5.58. The van der Waals surface area contributed by atoms with Crippen molar-refractivity contribution >= 4 is 43.6 Å². The first-order valence-corrected chi connectivity index (χ1v) is 13.1. The van der Waals surface area contributed by atoms with Gasteiger partial charge in [0, 0.05) is 38.2 Å². The number of fused-ring (bicyclic) bond motifs is 7. The van der Waals surface area contributed by atoms with Gasteiger partial charge in [-0.25, -0.2) is 9.97 Å². The molecule has 0 saturated carbocycles. The summed E-state index contributed by atoms with van der Waals surface area (Å²) in [4.78, 5) is 10.4. The van der Waals surface area contributed by atoms with Crippen LogP contribution < -0.4 is 0 Å². The van der Waals surface area contributed by atoms with Gasteiger partial charge in [0.1, 0.15) is 11.2 Å². The molecule has 0 fully saturated rings. The van der Waals surface area contributed by atoms with Gasteiger partial charge in [-0.2, -0.15) is 0 Å². The summed E-state index contributed by atoms with van der Waals surface area (Å²) in [6, 6.07) is 45.9. The fourth-order valence-corrected chi connectivity index (χ4v) is 5.65. The molecule has 0 aliphatic heterocycles. The van der Waals surface area contributed by atoms with Gasteiger partial charge in [-0.15, -0.1) is 0 Å². The van der Waals surface area contributed by atoms with Crippen molar-refractivity contribution in [2.45, 2.75) is 0 Å². The fourth-order valence-electron chi connectivity index (χ4n) is 5.65. The molecule has 3 heteroatoms. The number of para-hydroxylation sites is 2. The van der Waals surface area contributed by atoms with Gasteiger partial charge in [0.05, 0.1) is 22.6 Å². The summed E-state index contributed by atoms with van der Waals surface area (Å²) in [6.45, 7) is 0. The van der Waals surface area contributed by atoms with E-state index in [4.69, 9.17) is 14.4 Å². The average molecular weight is 499 g/mol. The van der Waals surface area contributed by atoms with Crippen molar-refractivity contribution in [3.8, 4) is 33.8 Å². The largest absolute Gasteiger partial charge is 0.456 e. The molecule has 0 aliphatic carbocycles. The molecule has 5 aromatic carbocycles. The molecule has 3 aromatic heterocycles. The van der Waals surface area contributed by atoms with Gasteiger partial charge in [-0.1, -0.05) is 97.1 Å². The highest BCUT2D eigenvalue weighted by atomic mass is 16.3. The monoisotopic (exact) mass is 498 g/mol. The third-order valence-corrected chi connectivity index (χ3v) is 7.44. The van der Waals surface area contributed by atoms with Crippen molar-refractivity contribution in [1.82, 2.24) is 9.97 Å². The van der Waals surface area contributed by atoms with Crippen molar-refractivity contribution in [3.05, 3.63) is 133 Å². The van der Waals surface area contributed by atoms with Crippen LogP contribution in [-0.4, -0.2) is 9.97 Å². The predicted molar refractivity (Wildman–Crippen MR) is 161 cm³/mol. The third-order valence-electron chi connectivity index (χ3n) is 7.44. The molecule has 0 unspecified atom stereocenters. The molecule has 39 heavy (non-hydrogen) atoms. The van der Waals surface area contributed by atoms with Crippen LogP contribution in [0, 0.1) is 0 Å². The lowest BCUT2D eigenvalue weighted by Crippen LogP contribution is -1.94. The average Bonchev–Trinajstić information content (AvgIpc) is 3.40.